The van der Waals surface area contributed by atoms with Crippen molar-refractivity contribution in [2.24, 2.45) is 0 Å². The fraction of sp³-hybridized carbons (Fsp3) is 0.333. The zero-order valence-corrected chi connectivity index (χ0v) is 9.77. The van der Waals surface area contributed by atoms with Crippen molar-refractivity contribution in [2.45, 2.75) is 0 Å². The van der Waals surface area contributed by atoms with Gasteiger partial charge >= 0.3 is 0 Å². The fourth-order valence-corrected chi connectivity index (χ4v) is 1.32. The molecular weight excluding hydrogens is 202 g/mol. The number of anilines is 1. The van der Waals surface area contributed by atoms with Crippen molar-refractivity contribution in [3.05, 3.63) is 29.8 Å². The smallest absolute Gasteiger partial charge is 0.254 e. The molecule has 0 radical (unpaired) electrons. The monoisotopic (exact) mass is 217 g/mol. The Morgan fingerprint density at radius 1 is 1.38 bits per heavy atom. The molecule has 0 atom stereocenters. The lowest BCUT2D eigenvalue weighted by Gasteiger charge is -2.16. The summed E-state index contributed by atoms with van der Waals surface area (Å²) in [7, 11) is 5.46. The van der Waals surface area contributed by atoms with Gasteiger partial charge in [-0.2, -0.15) is 5.26 Å². The first-order valence-electron chi connectivity index (χ1n) is 4.96. The van der Waals surface area contributed by atoms with Gasteiger partial charge in [0.2, 0.25) is 0 Å². The maximum Gasteiger partial charge on any atom is 0.254 e. The third kappa shape index (κ3) is 2.74. The Morgan fingerprint density at radius 2 is 2.06 bits per heavy atom. The first-order valence-corrected chi connectivity index (χ1v) is 4.96. The molecule has 1 amide bonds. The Hall–Kier alpha value is -2.02. The van der Waals surface area contributed by atoms with Crippen molar-refractivity contribution in [3.63, 3.8) is 0 Å². The molecule has 0 aliphatic rings. The van der Waals surface area contributed by atoms with Crippen molar-refractivity contribution in [1.29, 1.82) is 5.26 Å². The number of nitriles is 1. The van der Waals surface area contributed by atoms with E-state index in [4.69, 9.17) is 5.26 Å². The number of carbonyl (C=O) groups excluding carboxylic acids is 1. The highest BCUT2D eigenvalue weighted by Gasteiger charge is 2.11. The molecule has 4 nitrogen and oxygen atoms in total. The SMILES string of the molecule is CN(CC#N)C(=O)c1cccc(N(C)C)c1. The molecule has 0 heterocycles. The lowest BCUT2D eigenvalue weighted by molar-refractivity contribution is 0.0812. The van der Waals surface area contributed by atoms with Crippen LogP contribution in [0, 0.1) is 11.3 Å². The summed E-state index contributed by atoms with van der Waals surface area (Å²) in [5.74, 6) is -0.134. The van der Waals surface area contributed by atoms with E-state index in [1.54, 1.807) is 13.1 Å². The average molecular weight is 217 g/mol. The van der Waals surface area contributed by atoms with Crippen LogP contribution in [0.5, 0.6) is 0 Å². The van der Waals surface area contributed by atoms with E-state index in [2.05, 4.69) is 0 Å². The van der Waals surface area contributed by atoms with Gasteiger partial charge in [0.05, 0.1) is 6.07 Å². The van der Waals surface area contributed by atoms with Gasteiger partial charge in [-0.15, -0.1) is 0 Å². The first kappa shape index (κ1) is 12.1. The Balaban J connectivity index is 2.92. The number of hydrogen-bond donors (Lipinski definition) is 0. The van der Waals surface area contributed by atoms with Crippen LogP contribution < -0.4 is 4.90 Å². The van der Waals surface area contributed by atoms with Crippen molar-refractivity contribution in [1.82, 2.24) is 4.90 Å². The van der Waals surface area contributed by atoms with Crippen LogP contribution in [0.2, 0.25) is 0 Å². The molecule has 0 fully saturated rings. The van der Waals surface area contributed by atoms with Crippen molar-refractivity contribution < 1.29 is 4.79 Å². The minimum absolute atomic E-state index is 0.102. The Labute approximate surface area is 95.7 Å². The van der Waals surface area contributed by atoms with Gasteiger partial charge in [0.25, 0.3) is 5.91 Å². The van der Waals surface area contributed by atoms with Gasteiger partial charge in [-0.3, -0.25) is 4.79 Å². The molecule has 0 bridgehead atoms. The minimum atomic E-state index is -0.134. The Kier molecular flexibility index (Phi) is 3.90. The lowest BCUT2D eigenvalue weighted by atomic mass is 10.1. The predicted molar refractivity (Wildman–Crippen MR) is 63.3 cm³/mol. The molecule has 0 aliphatic carbocycles. The average Bonchev–Trinajstić information content (AvgIpc) is 2.28. The van der Waals surface area contributed by atoms with E-state index in [1.807, 2.05) is 43.3 Å². The van der Waals surface area contributed by atoms with Gasteiger partial charge in [0.1, 0.15) is 6.54 Å². The highest BCUT2D eigenvalue weighted by atomic mass is 16.2. The number of carbonyl (C=O) groups is 1. The van der Waals surface area contributed by atoms with Gasteiger partial charge in [0, 0.05) is 32.4 Å². The highest BCUT2D eigenvalue weighted by Crippen LogP contribution is 2.14. The number of benzene rings is 1. The van der Waals surface area contributed by atoms with E-state index < -0.39 is 0 Å². The third-order valence-electron chi connectivity index (χ3n) is 2.26. The largest absolute Gasteiger partial charge is 0.378 e. The van der Waals surface area contributed by atoms with Gasteiger partial charge in [-0.1, -0.05) is 6.07 Å². The molecule has 16 heavy (non-hydrogen) atoms. The Bertz CT molecular complexity index is 421. The van der Waals surface area contributed by atoms with Crippen LogP contribution in [0.15, 0.2) is 24.3 Å². The van der Waals surface area contributed by atoms with Crippen LogP contribution in [0.25, 0.3) is 0 Å². The summed E-state index contributed by atoms with van der Waals surface area (Å²) in [6, 6.07) is 9.29. The van der Waals surface area contributed by atoms with Gasteiger partial charge in [0.15, 0.2) is 0 Å². The van der Waals surface area contributed by atoms with Gasteiger partial charge in [-0.25, -0.2) is 0 Å². The van der Waals surface area contributed by atoms with Crippen LogP contribution in [0.4, 0.5) is 5.69 Å². The second kappa shape index (κ2) is 5.17. The molecule has 0 unspecified atom stereocenters. The first-order chi connectivity index (χ1) is 7.56. The number of hydrogen-bond acceptors (Lipinski definition) is 3. The summed E-state index contributed by atoms with van der Waals surface area (Å²) in [6.45, 7) is 0.102. The Morgan fingerprint density at radius 3 is 2.62 bits per heavy atom. The standard InChI is InChI=1S/C12H15N3O/c1-14(2)11-6-4-5-10(9-11)12(16)15(3)8-7-13/h4-6,9H,8H2,1-3H3. The second-order valence-electron chi connectivity index (χ2n) is 3.76. The van der Waals surface area contributed by atoms with Gasteiger partial charge in [-0.05, 0) is 18.2 Å². The predicted octanol–water partition coefficient (Wildman–Crippen LogP) is 1.35. The van der Waals surface area contributed by atoms with Crippen LogP contribution in [-0.4, -0.2) is 38.5 Å². The number of nitrogens with zero attached hydrogens (tertiary/aromatic N) is 3. The zero-order chi connectivity index (χ0) is 12.1. The summed E-state index contributed by atoms with van der Waals surface area (Å²) in [5.41, 5.74) is 1.57. The van der Waals surface area contributed by atoms with E-state index in [1.165, 1.54) is 4.90 Å². The van der Waals surface area contributed by atoms with E-state index in [-0.39, 0.29) is 12.5 Å². The summed E-state index contributed by atoms with van der Waals surface area (Å²) in [5, 5.41) is 8.52. The van der Waals surface area contributed by atoms with Crippen LogP contribution in [-0.2, 0) is 0 Å². The maximum atomic E-state index is 11.9. The third-order valence-corrected chi connectivity index (χ3v) is 2.26. The van der Waals surface area contributed by atoms with Crippen LogP contribution in [0.1, 0.15) is 10.4 Å². The van der Waals surface area contributed by atoms with Gasteiger partial charge < -0.3 is 9.80 Å². The minimum Gasteiger partial charge on any atom is -0.378 e. The maximum absolute atomic E-state index is 11.9. The summed E-state index contributed by atoms with van der Waals surface area (Å²) in [4.78, 5) is 15.2. The van der Waals surface area contributed by atoms with Crippen molar-refractivity contribution in [2.75, 3.05) is 32.6 Å². The van der Waals surface area contributed by atoms with E-state index >= 15 is 0 Å². The molecular formula is C12H15N3O. The molecule has 0 aromatic heterocycles. The summed E-state index contributed by atoms with van der Waals surface area (Å²) < 4.78 is 0. The summed E-state index contributed by atoms with van der Waals surface area (Å²) in [6.07, 6.45) is 0. The molecule has 0 aliphatic heterocycles. The normalized spacial score (nSPS) is 9.38. The molecule has 1 aromatic rings. The molecule has 0 N–H and O–H groups in total. The molecule has 0 saturated heterocycles. The zero-order valence-electron chi connectivity index (χ0n) is 9.77. The molecule has 0 spiro atoms. The number of amides is 1. The van der Waals surface area contributed by atoms with E-state index in [0.29, 0.717) is 5.56 Å². The lowest BCUT2D eigenvalue weighted by Crippen LogP contribution is -2.27. The van der Waals surface area contributed by atoms with Crippen molar-refractivity contribution >= 4 is 11.6 Å². The molecule has 1 rings (SSSR count). The highest BCUT2D eigenvalue weighted by molar-refractivity contribution is 5.95. The van der Waals surface area contributed by atoms with Crippen LogP contribution >= 0.6 is 0 Å². The molecule has 1 aromatic carbocycles. The van der Waals surface area contributed by atoms with Crippen LogP contribution in [0.3, 0.4) is 0 Å². The topological polar surface area (TPSA) is 47.3 Å². The van der Waals surface area contributed by atoms with E-state index in [0.717, 1.165) is 5.69 Å². The summed E-state index contributed by atoms with van der Waals surface area (Å²) >= 11 is 0. The molecule has 0 saturated carbocycles. The quantitative estimate of drug-likeness (QED) is 0.718. The molecule has 4 heteroatoms. The second-order valence-corrected chi connectivity index (χ2v) is 3.76. The van der Waals surface area contributed by atoms with E-state index in [9.17, 15) is 4.79 Å². The fourth-order valence-electron chi connectivity index (χ4n) is 1.32. The molecule has 84 valence electrons. The number of rotatable bonds is 3. The van der Waals surface area contributed by atoms with Crippen molar-refractivity contribution in [3.8, 4) is 6.07 Å².